The molecule has 0 aliphatic rings. The highest BCUT2D eigenvalue weighted by atomic mass is 14.2. The quantitative estimate of drug-likeness (QED) is 0.156. The molecule has 0 unspecified atom stereocenters. The Hall–Kier alpha value is -9.10. The summed E-state index contributed by atoms with van der Waals surface area (Å²) in [5.74, 6) is 0. The summed E-state index contributed by atoms with van der Waals surface area (Å²) in [6.07, 6.45) is 0. The SMILES string of the molecule is c1ccc2c(-c3cccc4c(-c5ccc(-c6ccc(-c7cccc8ccccc78)c7c(-c8cccc9ccccc89)cccc67)c6ccccc56)ccc(-c5cccc6ccccc56)c34)cccc2c1. The predicted molar refractivity (Wildman–Crippen MR) is 302 cm³/mol. The minimum Gasteiger partial charge on any atom is -0.0616 e. The molecule has 14 rings (SSSR count). The van der Waals surface area contributed by atoms with Crippen molar-refractivity contribution in [1.29, 1.82) is 0 Å². The molecule has 0 radical (unpaired) electrons. The van der Waals surface area contributed by atoms with Crippen LogP contribution in [0.3, 0.4) is 0 Å². The first-order valence-electron chi connectivity index (χ1n) is 24.3. The van der Waals surface area contributed by atoms with E-state index in [4.69, 9.17) is 0 Å². The third-order valence-electron chi connectivity index (χ3n) is 14.9. The first-order chi connectivity index (χ1) is 34.8. The molecule has 0 nitrogen and oxygen atoms in total. The Morgan fingerprint density at radius 3 is 0.629 bits per heavy atom. The van der Waals surface area contributed by atoms with E-state index >= 15 is 0 Å². The van der Waals surface area contributed by atoms with E-state index in [9.17, 15) is 0 Å². The van der Waals surface area contributed by atoms with Crippen LogP contribution >= 0.6 is 0 Å². The maximum Gasteiger partial charge on any atom is -0.00201 e. The fourth-order valence-corrected chi connectivity index (χ4v) is 11.8. The Bertz CT molecular complexity index is 3940. The minimum atomic E-state index is 1.22. The third-order valence-corrected chi connectivity index (χ3v) is 14.9. The van der Waals surface area contributed by atoms with Crippen LogP contribution in [0.4, 0.5) is 0 Å². The third kappa shape index (κ3) is 6.31. The highest BCUT2D eigenvalue weighted by Crippen LogP contribution is 2.49. The van der Waals surface area contributed by atoms with Crippen LogP contribution in [0.2, 0.25) is 0 Å². The molecule has 14 aromatic rings. The van der Waals surface area contributed by atoms with Crippen molar-refractivity contribution in [2.45, 2.75) is 0 Å². The highest BCUT2D eigenvalue weighted by molar-refractivity contribution is 6.22. The first-order valence-corrected chi connectivity index (χ1v) is 24.3. The van der Waals surface area contributed by atoms with E-state index in [1.165, 1.54) is 142 Å². The molecule has 324 valence electrons. The highest BCUT2D eigenvalue weighted by Gasteiger charge is 2.21. The molecule has 0 N–H and O–H groups in total. The summed E-state index contributed by atoms with van der Waals surface area (Å²) in [6.45, 7) is 0. The van der Waals surface area contributed by atoms with E-state index < -0.39 is 0 Å². The molecule has 0 amide bonds. The van der Waals surface area contributed by atoms with Crippen LogP contribution in [-0.4, -0.2) is 0 Å². The Morgan fingerprint density at radius 1 is 0.114 bits per heavy atom. The van der Waals surface area contributed by atoms with Crippen LogP contribution in [-0.2, 0) is 0 Å². The largest absolute Gasteiger partial charge is 0.0616 e. The molecule has 0 aromatic heterocycles. The summed E-state index contributed by atoms with van der Waals surface area (Å²) in [4.78, 5) is 0. The van der Waals surface area contributed by atoms with Gasteiger partial charge in [-0.1, -0.05) is 267 Å². The van der Waals surface area contributed by atoms with E-state index in [1.54, 1.807) is 0 Å². The number of fused-ring (bicyclic) bond motifs is 7. The second-order valence-corrected chi connectivity index (χ2v) is 18.6. The molecule has 0 saturated carbocycles. The maximum absolute atomic E-state index is 2.38. The van der Waals surface area contributed by atoms with Gasteiger partial charge in [0, 0.05) is 0 Å². The van der Waals surface area contributed by atoms with Gasteiger partial charge in [0.25, 0.3) is 0 Å². The summed E-state index contributed by atoms with van der Waals surface area (Å²) in [5, 5.41) is 17.4. The van der Waals surface area contributed by atoms with Gasteiger partial charge in [0.15, 0.2) is 0 Å². The van der Waals surface area contributed by atoms with Crippen LogP contribution in [0.25, 0.3) is 142 Å². The summed E-state index contributed by atoms with van der Waals surface area (Å²) in [6, 6.07) is 99.1. The monoisotopic (exact) mass is 884 g/mol. The Morgan fingerprint density at radius 2 is 0.300 bits per heavy atom. The summed E-state index contributed by atoms with van der Waals surface area (Å²) in [7, 11) is 0. The molecule has 0 heteroatoms. The molecule has 0 atom stereocenters. The smallest absolute Gasteiger partial charge is 0.00201 e. The number of benzene rings is 14. The van der Waals surface area contributed by atoms with E-state index in [0.717, 1.165) is 0 Å². The molecular formula is C70H44. The van der Waals surface area contributed by atoms with Crippen LogP contribution < -0.4 is 0 Å². The molecular weight excluding hydrogens is 841 g/mol. The van der Waals surface area contributed by atoms with E-state index in [2.05, 4.69) is 267 Å². The van der Waals surface area contributed by atoms with Gasteiger partial charge in [0.05, 0.1) is 0 Å². The van der Waals surface area contributed by atoms with Crippen molar-refractivity contribution in [3.8, 4) is 66.8 Å². The average Bonchev–Trinajstić information content (AvgIpc) is 3.43. The zero-order chi connectivity index (χ0) is 46.1. The molecule has 0 aliphatic heterocycles. The van der Waals surface area contributed by atoms with Crippen LogP contribution in [0, 0.1) is 0 Å². The van der Waals surface area contributed by atoms with Crippen molar-refractivity contribution in [2.75, 3.05) is 0 Å². The van der Waals surface area contributed by atoms with Crippen LogP contribution in [0.15, 0.2) is 267 Å². The molecule has 0 fully saturated rings. The van der Waals surface area contributed by atoms with Gasteiger partial charge < -0.3 is 0 Å². The Kier molecular flexibility index (Phi) is 9.32. The molecule has 0 aliphatic carbocycles. The van der Waals surface area contributed by atoms with Gasteiger partial charge in [0.1, 0.15) is 0 Å². The van der Waals surface area contributed by atoms with Gasteiger partial charge in [-0.2, -0.15) is 0 Å². The van der Waals surface area contributed by atoms with Crippen LogP contribution in [0.5, 0.6) is 0 Å². The van der Waals surface area contributed by atoms with Crippen molar-refractivity contribution in [3.63, 3.8) is 0 Å². The zero-order valence-corrected chi connectivity index (χ0v) is 38.4. The summed E-state index contributed by atoms with van der Waals surface area (Å²) in [5.41, 5.74) is 14.8. The first kappa shape index (κ1) is 40.0. The maximum atomic E-state index is 2.38. The van der Waals surface area contributed by atoms with Crippen molar-refractivity contribution in [3.05, 3.63) is 267 Å². The normalized spacial score (nSPS) is 11.7. The Balaban J connectivity index is 1.03. The van der Waals surface area contributed by atoms with Gasteiger partial charge in [-0.3, -0.25) is 0 Å². The predicted octanol–water partition coefficient (Wildman–Crippen LogP) is 19.8. The van der Waals surface area contributed by atoms with Gasteiger partial charge in [-0.25, -0.2) is 0 Å². The number of hydrogen-bond acceptors (Lipinski definition) is 0. The lowest BCUT2D eigenvalue weighted by Crippen LogP contribution is -1.94. The zero-order valence-electron chi connectivity index (χ0n) is 38.4. The Labute approximate surface area is 407 Å². The van der Waals surface area contributed by atoms with E-state index in [-0.39, 0.29) is 0 Å². The average molecular weight is 885 g/mol. The van der Waals surface area contributed by atoms with Crippen molar-refractivity contribution < 1.29 is 0 Å². The lowest BCUT2D eigenvalue weighted by Gasteiger charge is -2.21. The second-order valence-electron chi connectivity index (χ2n) is 18.6. The molecule has 70 heavy (non-hydrogen) atoms. The fraction of sp³-hybridized carbons (Fsp3) is 0. The summed E-state index contributed by atoms with van der Waals surface area (Å²) >= 11 is 0. The standard InChI is InChI=1S/C70H44/c1-5-25-49-45(17-1)21-11-31-53(49)63-35-15-37-65-61(41-43-67(69(63)65)55-33-13-23-47-19-3-7-27-51(47)55)59-39-40-60(58-30-10-9-29-57(58)59)62-42-44-68(56-34-14-24-48-20-4-8-28-52(48)56)70-64(36-16-38-66(62)70)54-32-12-22-46-18-2-6-26-50(46)54/h1-44H. The number of rotatable bonds is 6. The number of hydrogen-bond donors (Lipinski definition) is 0. The van der Waals surface area contributed by atoms with Crippen LogP contribution in [0.1, 0.15) is 0 Å². The van der Waals surface area contributed by atoms with E-state index in [0.29, 0.717) is 0 Å². The van der Waals surface area contributed by atoms with Gasteiger partial charge in [0.2, 0.25) is 0 Å². The van der Waals surface area contributed by atoms with Gasteiger partial charge in [-0.05, 0) is 142 Å². The van der Waals surface area contributed by atoms with E-state index in [1.807, 2.05) is 0 Å². The van der Waals surface area contributed by atoms with Gasteiger partial charge >= 0.3 is 0 Å². The van der Waals surface area contributed by atoms with Crippen molar-refractivity contribution in [2.24, 2.45) is 0 Å². The fourth-order valence-electron chi connectivity index (χ4n) is 11.8. The molecule has 0 spiro atoms. The second kappa shape index (κ2) is 16.3. The van der Waals surface area contributed by atoms with Crippen molar-refractivity contribution >= 4 is 75.4 Å². The topological polar surface area (TPSA) is 0 Å². The summed E-state index contributed by atoms with van der Waals surface area (Å²) < 4.78 is 0. The van der Waals surface area contributed by atoms with Crippen molar-refractivity contribution in [1.82, 2.24) is 0 Å². The molecule has 0 heterocycles. The molecule has 14 aromatic carbocycles. The molecule has 0 saturated heterocycles. The minimum absolute atomic E-state index is 1.22. The lowest BCUT2D eigenvalue weighted by molar-refractivity contribution is 1.63. The lowest BCUT2D eigenvalue weighted by atomic mass is 9.82. The van der Waals surface area contributed by atoms with Gasteiger partial charge in [-0.15, -0.1) is 0 Å². The molecule has 0 bridgehead atoms.